The van der Waals surface area contributed by atoms with Crippen LogP contribution in [0.5, 0.6) is 0 Å². The molecule has 2 fully saturated rings. The van der Waals surface area contributed by atoms with Crippen molar-refractivity contribution in [2.75, 3.05) is 25.1 Å². The summed E-state index contributed by atoms with van der Waals surface area (Å²) in [7, 11) is 0. The number of nitrogens with two attached hydrogens (primary N) is 1. The fourth-order valence-electron chi connectivity index (χ4n) is 2.66. The minimum Gasteiger partial charge on any atom is -0.338 e. The fraction of sp³-hybridized carbons (Fsp3) is 0.750. The summed E-state index contributed by atoms with van der Waals surface area (Å²) in [5, 5.41) is 4.89. The first-order valence-electron chi connectivity index (χ1n) is 6.65. The third kappa shape index (κ3) is 2.90. The molecule has 0 bridgehead atoms. The van der Waals surface area contributed by atoms with Gasteiger partial charge in [0, 0.05) is 6.54 Å². The molecule has 0 aromatic carbocycles. The molecular weight excluding hydrogens is 280 g/mol. The van der Waals surface area contributed by atoms with Crippen LogP contribution in [0.25, 0.3) is 0 Å². The summed E-state index contributed by atoms with van der Waals surface area (Å²) in [5.74, 6) is 0.327. The van der Waals surface area contributed by atoms with Crippen LogP contribution in [0.4, 0.5) is 4.79 Å². The van der Waals surface area contributed by atoms with Gasteiger partial charge in [-0.3, -0.25) is 14.9 Å². The highest BCUT2D eigenvalue weighted by molar-refractivity contribution is 7.98. The van der Waals surface area contributed by atoms with Crippen LogP contribution >= 0.6 is 11.8 Å². The predicted molar refractivity (Wildman–Crippen MR) is 76.2 cm³/mol. The van der Waals surface area contributed by atoms with E-state index < -0.39 is 17.6 Å². The van der Waals surface area contributed by atoms with E-state index in [0.717, 1.165) is 5.75 Å². The summed E-state index contributed by atoms with van der Waals surface area (Å²) >= 11 is 1.64. The second-order valence-corrected chi connectivity index (χ2v) is 6.23. The van der Waals surface area contributed by atoms with Crippen LogP contribution in [-0.4, -0.2) is 59.4 Å². The monoisotopic (exact) mass is 300 g/mol. The number of carbonyl (C=O) groups is 3. The van der Waals surface area contributed by atoms with Gasteiger partial charge in [0.25, 0.3) is 5.91 Å². The van der Waals surface area contributed by atoms with E-state index in [4.69, 9.17) is 5.73 Å². The van der Waals surface area contributed by atoms with Crippen molar-refractivity contribution in [3.63, 3.8) is 0 Å². The number of carbonyl (C=O) groups excluding carboxylic acids is 3. The second kappa shape index (κ2) is 6.01. The van der Waals surface area contributed by atoms with Crippen molar-refractivity contribution in [2.45, 2.75) is 30.8 Å². The van der Waals surface area contributed by atoms with E-state index in [-0.39, 0.29) is 18.4 Å². The molecule has 20 heavy (non-hydrogen) atoms. The number of piperidine rings is 1. The molecule has 2 saturated heterocycles. The summed E-state index contributed by atoms with van der Waals surface area (Å²) in [4.78, 5) is 37.1. The standard InChI is InChI=1S/C12H20N4O3S/c1-20-6-3-8(13)9(17)16-5-2-4-12(7-16)10(18)14-11(19)15-12/h8H,2-7,13H2,1H3,(H2,14,15,18,19)/t8-,12?/m1/s1. The molecule has 2 atom stereocenters. The van der Waals surface area contributed by atoms with E-state index in [0.29, 0.717) is 25.8 Å². The zero-order chi connectivity index (χ0) is 14.8. The Bertz CT molecular complexity index is 431. The molecule has 0 saturated carbocycles. The van der Waals surface area contributed by atoms with E-state index in [1.54, 1.807) is 16.7 Å². The molecule has 4 N–H and O–H groups in total. The van der Waals surface area contributed by atoms with Crippen molar-refractivity contribution in [1.82, 2.24) is 15.5 Å². The molecule has 0 aliphatic carbocycles. The van der Waals surface area contributed by atoms with Crippen LogP contribution in [0.3, 0.4) is 0 Å². The van der Waals surface area contributed by atoms with Crippen molar-refractivity contribution in [3.05, 3.63) is 0 Å². The van der Waals surface area contributed by atoms with Gasteiger partial charge in [-0.25, -0.2) is 4.79 Å². The van der Waals surface area contributed by atoms with E-state index in [9.17, 15) is 14.4 Å². The lowest BCUT2D eigenvalue weighted by Crippen LogP contribution is -2.61. The van der Waals surface area contributed by atoms with Crippen molar-refractivity contribution in [2.24, 2.45) is 5.73 Å². The fourth-order valence-corrected chi connectivity index (χ4v) is 3.15. The van der Waals surface area contributed by atoms with Gasteiger partial charge >= 0.3 is 6.03 Å². The number of imide groups is 1. The Labute approximate surface area is 122 Å². The molecule has 4 amide bonds. The van der Waals surface area contributed by atoms with Gasteiger partial charge in [0.05, 0.1) is 12.6 Å². The molecule has 2 aliphatic rings. The number of thioether (sulfide) groups is 1. The summed E-state index contributed by atoms with van der Waals surface area (Å²) in [6, 6.07) is -1.03. The van der Waals surface area contributed by atoms with Gasteiger partial charge in [0.15, 0.2) is 0 Å². The molecular formula is C12H20N4O3S. The molecule has 1 spiro atoms. The molecule has 2 heterocycles. The average molecular weight is 300 g/mol. The number of urea groups is 1. The minimum absolute atomic E-state index is 0.146. The third-order valence-corrected chi connectivity index (χ3v) is 4.41. The van der Waals surface area contributed by atoms with Crippen LogP contribution in [0.1, 0.15) is 19.3 Å². The Hall–Kier alpha value is -1.28. The lowest BCUT2D eigenvalue weighted by atomic mass is 9.89. The van der Waals surface area contributed by atoms with Gasteiger partial charge in [-0.1, -0.05) is 0 Å². The van der Waals surface area contributed by atoms with Crippen molar-refractivity contribution >= 4 is 29.6 Å². The molecule has 2 rings (SSSR count). The van der Waals surface area contributed by atoms with Crippen LogP contribution in [0.2, 0.25) is 0 Å². The van der Waals surface area contributed by atoms with Gasteiger partial charge in [-0.2, -0.15) is 11.8 Å². The first kappa shape index (κ1) is 15.1. The van der Waals surface area contributed by atoms with Crippen LogP contribution in [-0.2, 0) is 9.59 Å². The van der Waals surface area contributed by atoms with Crippen LogP contribution in [0, 0.1) is 0 Å². The van der Waals surface area contributed by atoms with Crippen molar-refractivity contribution in [3.8, 4) is 0 Å². The normalized spacial score (nSPS) is 27.4. The van der Waals surface area contributed by atoms with E-state index in [2.05, 4.69) is 10.6 Å². The molecule has 1 unspecified atom stereocenters. The number of nitrogens with one attached hydrogen (secondary N) is 2. The molecule has 7 nitrogen and oxygen atoms in total. The SMILES string of the molecule is CSCC[C@@H](N)C(=O)N1CCCC2(C1)NC(=O)NC2=O. The molecule has 112 valence electrons. The molecule has 0 aromatic rings. The number of likely N-dealkylation sites (tertiary alicyclic amines) is 1. The maximum absolute atomic E-state index is 12.3. The van der Waals surface area contributed by atoms with Gasteiger partial charge in [0.1, 0.15) is 5.54 Å². The van der Waals surface area contributed by atoms with Gasteiger partial charge < -0.3 is 16.0 Å². The smallest absolute Gasteiger partial charge is 0.322 e. The Balaban J connectivity index is 2.02. The zero-order valence-corrected chi connectivity index (χ0v) is 12.3. The number of hydrogen-bond donors (Lipinski definition) is 3. The maximum Gasteiger partial charge on any atom is 0.322 e. The first-order chi connectivity index (χ1) is 9.48. The number of nitrogens with zero attached hydrogens (tertiary/aromatic N) is 1. The topological polar surface area (TPSA) is 105 Å². The number of hydrogen-bond acceptors (Lipinski definition) is 5. The highest BCUT2D eigenvalue weighted by Crippen LogP contribution is 2.25. The maximum atomic E-state index is 12.3. The Kier molecular flexibility index (Phi) is 4.54. The lowest BCUT2D eigenvalue weighted by molar-refractivity contribution is -0.137. The average Bonchev–Trinajstić information content (AvgIpc) is 2.69. The molecule has 0 radical (unpaired) electrons. The van der Waals surface area contributed by atoms with Crippen LogP contribution in [0.15, 0.2) is 0 Å². The Morgan fingerprint density at radius 3 is 2.90 bits per heavy atom. The Morgan fingerprint density at radius 1 is 1.55 bits per heavy atom. The van der Waals surface area contributed by atoms with Gasteiger partial charge in [-0.15, -0.1) is 0 Å². The second-order valence-electron chi connectivity index (χ2n) is 5.24. The van der Waals surface area contributed by atoms with E-state index in [1.165, 1.54) is 0 Å². The highest BCUT2D eigenvalue weighted by Gasteiger charge is 2.49. The molecule has 2 aliphatic heterocycles. The predicted octanol–water partition coefficient (Wildman–Crippen LogP) is -0.733. The van der Waals surface area contributed by atoms with Crippen molar-refractivity contribution < 1.29 is 14.4 Å². The van der Waals surface area contributed by atoms with Gasteiger partial charge in [-0.05, 0) is 31.3 Å². The lowest BCUT2D eigenvalue weighted by Gasteiger charge is -2.39. The zero-order valence-electron chi connectivity index (χ0n) is 11.5. The van der Waals surface area contributed by atoms with Crippen LogP contribution < -0.4 is 16.4 Å². The highest BCUT2D eigenvalue weighted by atomic mass is 32.2. The summed E-state index contributed by atoms with van der Waals surface area (Å²) in [6.07, 6.45) is 3.80. The number of amides is 4. The third-order valence-electron chi connectivity index (χ3n) is 3.77. The summed E-state index contributed by atoms with van der Waals surface area (Å²) < 4.78 is 0. The van der Waals surface area contributed by atoms with Gasteiger partial charge in [0.2, 0.25) is 5.91 Å². The summed E-state index contributed by atoms with van der Waals surface area (Å²) in [6.45, 7) is 0.785. The minimum atomic E-state index is -0.968. The quantitative estimate of drug-likeness (QED) is 0.594. The van der Waals surface area contributed by atoms with E-state index in [1.807, 2.05) is 6.26 Å². The van der Waals surface area contributed by atoms with Crippen molar-refractivity contribution in [1.29, 1.82) is 0 Å². The largest absolute Gasteiger partial charge is 0.338 e. The van der Waals surface area contributed by atoms with E-state index >= 15 is 0 Å². The first-order valence-corrected chi connectivity index (χ1v) is 8.05. The summed E-state index contributed by atoms with van der Waals surface area (Å²) in [5.41, 5.74) is 4.92. The molecule has 0 aromatic heterocycles. The number of rotatable bonds is 4. The Morgan fingerprint density at radius 2 is 2.30 bits per heavy atom. The molecule has 8 heteroatoms.